The van der Waals surface area contributed by atoms with Gasteiger partial charge in [-0.2, -0.15) is 11.8 Å². The first-order chi connectivity index (χ1) is 8.25. The van der Waals surface area contributed by atoms with E-state index in [0.29, 0.717) is 16.9 Å². The summed E-state index contributed by atoms with van der Waals surface area (Å²) in [6.07, 6.45) is 1.27. The Balaban J connectivity index is 2.02. The first-order valence-electron chi connectivity index (χ1n) is 5.73. The lowest BCUT2D eigenvalue weighted by Gasteiger charge is -2.11. The number of thioether (sulfide) groups is 1. The number of aromatic nitrogens is 2. The quantitative estimate of drug-likeness (QED) is 0.910. The van der Waals surface area contributed by atoms with Crippen LogP contribution in [0.1, 0.15) is 6.42 Å². The average molecular weight is 268 g/mol. The molecule has 0 aliphatic carbocycles. The van der Waals surface area contributed by atoms with Gasteiger partial charge in [0.1, 0.15) is 5.52 Å². The number of nitrogens with zero attached hydrogens (tertiary/aromatic N) is 2. The molecule has 3 rings (SSSR count). The van der Waals surface area contributed by atoms with E-state index in [2.05, 4.69) is 9.55 Å². The summed E-state index contributed by atoms with van der Waals surface area (Å²) in [6.45, 7) is 0.954. The largest absolute Gasteiger partial charge is 0.369 e. The van der Waals surface area contributed by atoms with Crippen molar-refractivity contribution in [1.82, 2.24) is 9.55 Å². The van der Waals surface area contributed by atoms with Gasteiger partial charge in [-0.15, -0.1) is 0 Å². The van der Waals surface area contributed by atoms with E-state index >= 15 is 0 Å². The molecule has 1 aliphatic heterocycles. The monoisotopic (exact) mass is 267 g/mol. The van der Waals surface area contributed by atoms with Gasteiger partial charge in [-0.1, -0.05) is 17.7 Å². The van der Waals surface area contributed by atoms with Gasteiger partial charge in [0.15, 0.2) is 0 Å². The van der Waals surface area contributed by atoms with Crippen molar-refractivity contribution in [3.63, 3.8) is 0 Å². The molecule has 1 fully saturated rings. The molecule has 1 aromatic heterocycles. The van der Waals surface area contributed by atoms with Crippen molar-refractivity contribution in [1.29, 1.82) is 0 Å². The highest BCUT2D eigenvalue weighted by molar-refractivity contribution is 7.99. The summed E-state index contributed by atoms with van der Waals surface area (Å²) < 4.78 is 2.10. The number of hydrogen-bond acceptors (Lipinski definition) is 3. The molecule has 3 nitrogen and oxygen atoms in total. The molecule has 17 heavy (non-hydrogen) atoms. The molecule has 90 valence electrons. The summed E-state index contributed by atoms with van der Waals surface area (Å²) in [5.41, 5.74) is 7.85. The highest BCUT2D eigenvalue weighted by Gasteiger charge is 2.19. The average Bonchev–Trinajstić information content (AvgIpc) is 2.91. The van der Waals surface area contributed by atoms with Crippen molar-refractivity contribution in [3.8, 4) is 0 Å². The lowest BCUT2D eigenvalue weighted by Crippen LogP contribution is -2.12. The molecule has 1 aromatic carbocycles. The second-order valence-electron chi connectivity index (χ2n) is 4.42. The van der Waals surface area contributed by atoms with E-state index in [1.165, 1.54) is 17.9 Å². The van der Waals surface area contributed by atoms with Crippen molar-refractivity contribution in [3.05, 3.63) is 23.2 Å². The highest BCUT2D eigenvalue weighted by atomic mass is 35.5. The lowest BCUT2D eigenvalue weighted by atomic mass is 10.1. The third-order valence-corrected chi connectivity index (χ3v) is 4.76. The van der Waals surface area contributed by atoms with Gasteiger partial charge in [-0.05, 0) is 36.0 Å². The minimum absolute atomic E-state index is 0.574. The van der Waals surface area contributed by atoms with Crippen LogP contribution in [-0.2, 0) is 6.54 Å². The number of benzene rings is 1. The Morgan fingerprint density at radius 2 is 2.41 bits per heavy atom. The third kappa shape index (κ3) is 2.00. The molecule has 1 unspecified atom stereocenters. The molecule has 2 aromatic rings. The first-order valence-corrected chi connectivity index (χ1v) is 7.27. The van der Waals surface area contributed by atoms with Gasteiger partial charge in [0, 0.05) is 6.54 Å². The Labute approximate surface area is 109 Å². The van der Waals surface area contributed by atoms with Gasteiger partial charge in [-0.25, -0.2) is 4.98 Å². The number of para-hydroxylation sites is 1. The van der Waals surface area contributed by atoms with Gasteiger partial charge in [0.2, 0.25) is 5.95 Å². The number of nitrogens with two attached hydrogens (primary N) is 1. The topological polar surface area (TPSA) is 43.8 Å². The van der Waals surface area contributed by atoms with Crippen LogP contribution in [0.25, 0.3) is 11.0 Å². The highest BCUT2D eigenvalue weighted by Crippen LogP contribution is 2.29. The zero-order valence-corrected chi connectivity index (χ0v) is 11.0. The van der Waals surface area contributed by atoms with Crippen LogP contribution in [0.4, 0.5) is 5.95 Å². The van der Waals surface area contributed by atoms with Crippen LogP contribution in [0, 0.1) is 5.92 Å². The number of nitrogen functional groups attached to an aromatic ring is 1. The number of rotatable bonds is 2. The second kappa shape index (κ2) is 4.42. The number of imidazole rings is 1. The summed E-state index contributed by atoms with van der Waals surface area (Å²) in [5, 5.41) is 0.675. The molecule has 2 heterocycles. The molecule has 1 saturated heterocycles. The minimum Gasteiger partial charge on any atom is -0.369 e. The zero-order chi connectivity index (χ0) is 11.8. The number of halogens is 1. The van der Waals surface area contributed by atoms with Crippen LogP contribution >= 0.6 is 23.4 Å². The van der Waals surface area contributed by atoms with Crippen LogP contribution in [0.15, 0.2) is 18.2 Å². The normalized spacial score (nSPS) is 20.2. The number of anilines is 1. The summed E-state index contributed by atoms with van der Waals surface area (Å²) in [6, 6.07) is 5.84. The fourth-order valence-corrected chi connectivity index (χ4v) is 3.79. The smallest absolute Gasteiger partial charge is 0.201 e. The fraction of sp³-hybridized carbons (Fsp3) is 0.417. The van der Waals surface area contributed by atoms with Crippen molar-refractivity contribution in [2.24, 2.45) is 5.92 Å². The maximum atomic E-state index is 6.12. The van der Waals surface area contributed by atoms with Gasteiger partial charge >= 0.3 is 0 Å². The van der Waals surface area contributed by atoms with E-state index in [9.17, 15) is 0 Å². The second-order valence-corrected chi connectivity index (χ2v) is 5.97. The van der Waals surface area contributed by atoms with Crippen molar-refractivity contribution >= 4 is 40.3 Å². The SMILES string of the molecule is Nc1nc2c(Cl)cccc2n1CC1CCSC1. The number of hydrogen-bond donors (Lipinski definition) is 1. The van der Waals surface area contributed by atoms with E-state index in [4.69, 9.17) is 17.3 Å². The Hall–Kier alpha value is -0.870. The molecule has 1 atom stereocenters. The minimum atomic E-state index is 0.574. The van der Waals surface area contributed by atoms with Gasteiger partial charge in [0.25, 0.3) is 0 Å². The Bertz CT molecular complexity index is 546. The van der Waals surface area contributed by atoms with Gasteiger partial charge < -0.3 is 10.3 Å². The maximum Gasteiger partial charge on any atom is 0.201 e. The lowest BCUT2D eigenvalue weighted by molar-refractivity contribution is 0.505. The molecule has 0 bridgehead atoms. The molecule has 0 spiro atoms. The van der Waals surface area contributed by atoms with Crippen LogP contribution < -0.4 is 5.73 Å². The van der Waals surface area contributed by atoms with Crippen LogP contribution in [0.3, 0.4) is 0 Å². The number of fused-ring (bicyclic) bond motifs is 1. The van der Waals surface area contributed by atoms with Crippen molar-refractivity contribution in [2.75, 3.05) is 17.2 Å². The first kappa shape index (κ1) is 11.2. The molecule has 2 N–H and O–H groups in total. The standard InChI is InChI=1S/C12H14ClN3S/c13-9-2-1-3-10-11(9)15-12(14)16(10)6-8-4-5-17-7-8/h1-3,8H,4-7H2,(H2,14,15). The summed E-state index contributed by atoms with van der Waals surface area (Å²) in [5.74, 6) is 3.76. The molecule has 0 radical (unpaired) electrons. The zero-order valence-electron chi connectivity index (χ0n) is 9.40. The fourth-order valence-electron chi connectivity index (χ4n) is 2.31. The van der Waals surface area contributed by atoms with E-state index in [1.807, 2.05) is 30.0 Å². The van der Waals surface area contributed by atoms with E-state index in [1.54, 1.807) is 0 Å². The Morgan fingerprint density at radius 1 is 1.53 bits per heavy atom. The summed E-state index contributed by atoms with van der Waals surface area (Å²) >= 11 is 8.14. The molecule has 0 amide bonds. The van der Waals surface area contributed by atoms with Crippen LogP contribution in [-0.4, -0.2) is 21.1 Å². The maximum absolute atomic E-state index is 6.12. The molecular weight excluding hydrogens is 254 g/mol. The van der Waals surface area contributed by atoms with Crippen LogP contribution in [0.2, 0.25) is 5.02 Å². The van der Waals surface area contributed by atoms with Crippen LogP contribution in [0.5, 0.6) is 0 Å². The molecule has 5 heteroatoms. The van der Waals surface area contributed by atoms with E-state index in [-0.39, 0.29) is 0 Å². The molecule has 1 aliphatic rings. The van der Waals surface area contributed by atoms with Crippen molar-refractivity contribution < 1.29 is 0 Å². The van der Waals surface area contributed by atoms with Gasteiger partial charge in [0.05, 0.1) is 10.5 Å². The third-order valence-electron chi connectivity index (χ3n) is 3.22. The molecule has 0 saturated carbocycles. The summed E-state index contributed by atoms with van der Waals surface area (Å²) in [4.78, 5) is 4.36. The summed E-state index contributed by atoms with van der Waals surface area (Å²) in [7, 11) is 0. The predicted octanol–water partition coefficient (Wildman–Crippen LogP) is 3.03. The van der Waals surface area contributed by atoms with E-state index in [0.717, 1.165) is 17.6 Å². The Kier molecular flexibility index (Phi) is 2.92. The predicted molar refractivity (Wildman–Crippen MR) is 74.6 cm³/mol. The Morgan fingerprint density at radius 3 is 3.18 bits per heavy atom. The molecular formula is C12H14ClN3S. The van der Waals surface area contributed by atoms with Crippen molar-refractivity contribution in [2.45, 2.75) is 13.0 Å². The van der Waals surface area contributed by atoms with E-state index < -0.39 is 0 Å². The van der Waals surface area contributed by atoms with Gasteiger partial charge in [-0.3, -0.25) is 0 Å².